The number of benzene rings is 1. The zero-order valence-electron chi connectivity index (χ0n) is 15.3. The molecule has 7 heteroatoms. The number of carbonyl (C=O) groups is 1. The average Bonchev–Trinajstić information content (AvgIpc) is 3.15. The van der Waals surface area contributed by atoms with Crippen molar-refractivity contribution in [2.45, 2.75) is 33.4 Å². The molecule has 2 heterocycles. The maximum Gasteiger partial charge on any atom is 0.274 e. The Hall–Kier alpha value is -3.09. The Morgan fingerprint density at radius 3 is 2.69 bits per heavy atom. The number of ether oxygens (including phenoxy) is 1. The molecule has 2 aromatic heterocycles. The van der Waals surface area contributed by atoms with Crippen LogP contribution in [0.1, 0.15) is 46.0 Å². The zero-order valence-corrected chi connectivity index (χ0v) is 15.3. The third-order valence-electron chi connectivity index (χ3n) is 4.19. The molecule has 0 spiro atoms. The highest BCUT2D eigenvalue weighted by atomic mass is 16.5. The van der Waals surface area contributed by atoms with E-state index in [9.17, 15) is 4.79 Å². The first-order valence-electron chi connectivity index (χ1n) is 8.39. The molecule has 0 saturated heterocycles. The van der Waals surface area contributed by atoms with Crippen molar-refractivity contribution in [3.63, 3.8) is 0 Å². The van der Waals surface area contributed by atoms with E-state index >= 15 is 0 Å². The van der Waals surface area contributed by atoms with Gasteiger partial charge in [0.25, 0.3) is 5.91 Å². The number of carbonyl (C=O) groups excluding carboxylic acids is 1. The molecule has 0 saturated carbocycles. The van der Waals surface area contributed by atoms with Crippen LogP contribution in [0.5, 0.6) is 5.75 Å². The minimum atomic E-state index is -0.302. The Labute approximate surface area is 151 Å². The Bertz CT molecular complexity index is 899. The number of rotatable bonds is 6. The van der Waals surface area contributed by atoms with Gasteiger partial charge in [-0.05, 0) is 32.9 Å². The third kappa shape index (κ3) is 3.77. The molecular formula is C19H22N4O3. The lowest BCUT2D eigenvalue weighted by Gasteiger charge is -2.13. The second-order valence-electron chi connectivity index (χ2n) is 6.21. The minimum absolute atomic E-state index is 0.198. The predicted octanol–water partition coefficient (Wildman–Crippen LogP) is 3.09. The molecule has 136 valence electrons. The number of hydrogen-bond donors (Lipinski definition) is 1. The molecule has 1 amide bonds. The van der Waals surface area contributed by atoms with Crippen molar-refractivity contribution in [1.82, 2.24) is 20.3 Å². The first-order valence-corrected chi connectivity index (χ1v) is 8.39. The van der Waals surface area contributed by atoms with E-state index in [1.807, 2.05) is 57.4 Å². The zero-order chi connectivity index (χ0) is 18.7. The van der Waals surface area contributed by atoms with E-state index in [0.29, 0.717) is 11.3 Å². The van der Waals surface area contributed by atoms with Gasteiger partial charge in [0.15, 0.2) is 5.69 Å². The van der Waals surface area contributed by atoms with Gasteiger partial charge in [0.1, 0.15) is 18.1 Å². The smallest absolute Gasteiger partial charge is 0.274 e. The summed E-state index contributed by atoms with van der Waals surface area (Å²) in [5.74, 6) is 0.986. The van der Waals surface area contributed by atoms with Crippen molar-refractivity contribution in [2.24, 2.45) is 7.05 Å². The van der Waals surface area contributed by atoms with Gasteiger partial charge in [-0.2, -0.15) is 5.10 Å². The third-order valence-corrected chi connectivity index (χ3v) is 4.19. The molecule has 26 heavy (non-hydrogen) atoms. The summed E-state index contributed by atoms with van der Waals surface area (Å²) < 4.78 is 12.7. The normalized spacial score (nSPS) is 12.0. The lowest BCUT2D eigenvalue weighted by Crippen LogP contribution is -2.28. The van der Waals surface area contributed by atoms with Crippen LogP contribution in [0.25, 0.3) is 0 Å². The Balaban J connectivity index is 1.72. The molecule has 0 fully saturated rings. The van der Waals surface area contributed by atoms with Gasteiger partial charge in [-0.15, -0.1) is 0 Å². The highest BCUT2D eigenvalue weighted by molar-refractivity contribution is 5.94. The first-order chi connectivity index (χ1) is 12.5. The molecule has 0 radical (unpaired) electrons. The molecule has 3 aromatic rings. The summed E-state index contributed by atoms with van der Waals surface area (Å²) in [7, 11) is 1.85. The number of para-hydroxylation sites is 1. The summed E-state index contributed by atoms with van der Waals surface area (Å²) in [4.78, 5) is 12.7. The summed E-state index contributed by atoms with van der Waals surface area (Å²) in [6.45, 7) is 5.80. The van der Waals surface area contributed by atoms with Gasteiger partial charge in [-0.25, -0.2) is 0 Å². The van der Waals surface area contributed by atoms with Crippen LogP contribution in [0.3, 0.4) is 0 Å². The number of aromatic nitrogens is 3. The highest BCUT2D eigenvalue weighted by Gasteiger charge is 2.23. The second kappa shape index (κ2) is 7.43. The summed E-state index contributed by atoms with van der Waals surface area (Å²) in [5.41, 5.74) is 2.72. The van der Waals surface area contributed by atoms with Gasteiger partial charge in [-0.3, -0.25) is 9.48 Å². The molecule has 7 nitrogen and oxygen atoms in total. The summed E-state index contributed by atoms with van der Waals surface area (Å²) >= 11 is 0. The van der Waals surface area contributed by atoms with E-state index in [1.54, 1.807) is 11.6 Å². The molecular weight excluding hydrogens is 332 g/mol. The SMILES string of the molecule is Cc1nn(C)cc1C(C)NC(=O)c1noc(C)c1COc1ccccc1. The fourth-order valence-corrected chi connectivity index (χ4v) is 2.80. The quantitative estimate of drug-likeness (QED) is 0.735. The molecule has 1 atom stereocenters. The van der Waals surface area contributed by atoms with Crippen LogP contribution in [0, 0.1) is 13.8 Å². The topological polar surface area (TPSA) is 82.2 Å². The van der Waals surface area contributed by atoms with Crippen LogP contribution < -0.4 is 10.1 Å². The molecule has 0 aliphatic rings. The van der Waals surface area contributed by atoms with Crippen LogP contribution in [0.4, 0.5) is 0 Å². The molecule has 0 aliphatic heterocycles. The number of hydrogen-bond acceptors (Lipinski definition) is 5. The molecule has 1 aromatic carbocycles. The Morgan fingerprint density at radius 1 is 1.31 bits per heavy atom. The second-order valence-corrected chi connectivity index (χ2v) is 6.21. The standard InChI is InChI=1S/C19H22N4O3/c1-12(16-10-23(4)21-13(16)2)20-19(24)18-17(14(3)26-22-18)11-25-15-8-6-5-7-9-15/h5-10,12H,11H2,1-4H3,(H,20,24). The van der Waals surface area contributed by atoms with E-state index in [4.69, 9.17) is 9.26 Å². The predicted molar refractivity (Wildman–Crippen MR) is 95.8 cm³/mol. The maximum absolute atomic E-state index is 12.7. The van der Waals surface area contributed by atoms with Gasteiger partial charge in [0, 0.05) is 18.8 Å². The van der Waals surface area contributed by atoms with Crippen LogP contribution in [-0.2, 0) is 13.7 Å². The van der Waals surface area contributed by atoms with Gasteiger partial charge in [0.05, 0.1) is 17.3 Å². The first kappa shape index (κ1) is 17.7. The Kier molecular flexibility index (Phi) is 5.06. The van der Waals surface area contributed by atoms with Crippen molar-refractivity contribution in [2.75, 3.05) is 0 Å². The van der Waals surface area contributed by atoms with Crippen molar-refractivity contribution in [3.8, 4) is 5.75 Å². The van der Waals surface area contributed by atoms with Crippen LogP contribution in [0.2, 0.25) is 0 Å². The van der Waals surface area contributed by atoms with Gasteiger partial charge >= 0.3 is 0 Å². The molecule has 1 unspecified atom stereocenters. The van der Waals surface area contributed by atoms with Crippen LogP contribution >= 0.6 is 0 Å². The highest BCUT2D eigenvalue weighted by Crippen LogP contribution is 2.20. The maximum atomic E-state index is 12.7. The summed E-state index contributed by atoms with van der Waals surface area (Å²) in [6, 6.07) is 9.21. The van der Waals surface area contributed by atoms with Gasteiger partial charge in [0.2, 0.25) is 0 Å². The van der Waals surface area contributed by atoms with Crippen molar-refractivity contribution < 1.29 is 14.1 Å². The minimum Gasteiger partial charge on any atom is -0.489 e. The molecule has 1 N–H and O–H groups in total. The molecule has 0 bridgehead atoms. The average molecular weight is 354 g/mol. The van der Waals surface area contributed by atoms with Crippen LogP contribution in [0.15, 0.2) is 41.1 Å². The Morgan fingerprint density at radius 2 is 2.04 bits per heavy atom. The van der Waals surface area contributed by atoms with Crippen LogP contribution in [-0.4, -0.2) is 20.8 Å². The number of nitrogens with one attached hydrogen (secondary N) is 1. The lowest BCUT2D eigenvalue weighted by molar-refractivity contribution is 0.0928. The van der Waals surface area contributed by atoms with E-state index in [2.05, 4.69) is 15.6 Å². The van der Waals surface area contributed by atoms with Gasteiger partial charge < -0.3 is 14.6 Å². The monoisotopic (exact) mass is 354 g/mol. The van der Waals surface area contributed by atoms with Gasteiger partial charge in [-0.1, -0.05) is 23.4 Å². The van der Waals surface area contributed by atoms with E-state index in [-0.39, 0.29) is 24.2 Å². The number of nitrogens with zero attached hydrogens (tertiary/aromatic N) is 3. The molecule has 0 aliphatic carbocycles. The fourth-order valence-electron chi connectivity index (χ4n) is 2.80. The largest absolute Gasteiger partial charge is 0.489 e. The van der Waals surface area contributed by atoms with Crippen molar-refractivity contribution in [3.05, 3.63) is 64.8 Å². The van der Waals surface area contributed by atoms with Crippen molar-refractivity contribution in [1.29, 1.82) is 0 Å². The number of aryl methyl sites for hydroxylation is 3. The van der Waals surface area contributed by atoms with E-state index in [1.165, 1.54) is 0 Å². The summed E-state index contributed by atoms with van der Waals surface area (Å²) in [5, 5.41) is 11.2. The fraction of sp³-hybridized carbons (Fsp3) is 0.316. The lowest BCUT2D eigenvalue weighted by atomic mass is 10.1. The number of amides is 1. The summed E-state index contributed by atoms with van der Waals surface area (Å²) in [6.07, 6.45) is 1.90. The van der Waals surface area contributed by atoms with E-state index in [0.717, 1.165) is 17.0 Å². The molecule has 3 rings (SSSR count). The van der Waals surface area contributed by atoms with E-state index < -0.39 is 0 Å². The van der Waals surface area contributed by atoms with Crippen molar-refractivity contribution >= 4 is 5.91 Å².